The summed E-state index contributed by atoms with van der Waals surface area (Å²) >= 11 is 3.16. The molecule has 1 amide bonds. The third-order valence-electron chi connectivity index (χ3n) is 1.96. The van der Waals surface area contributed by atoms with Crippen LogP contribution < -0.4 is 5.32 Å². The Morgan fingerprint density at radius 3 is 2.94 bits per heavy atom. The fourth-order valence-corrected chi connectivity index (χ4v) is 2.77. The van der Waals surface area contributed by atoms with Crippen molar-refractivity contribution in [2.24, 2.45) is 0 Å². The van der Waals surface area contributed by atoms with Crippen LogP contribution >= 0.6 is 23.1 Å². The molecule has 0 aliphatic carbocycles. The van der Waals surface area contributed by atoms with Gasteiger partial charge in [0.25, 0.3) is 0 Å². The quantitative estimate of drug-likeness (QED) is 0.734. The van der Waals surface area contributed by atoms with E-state index >= 15 is 0 Å². The second-order valence-corrected chi connectivity index (χ2v) is 5.24. The number of aliphatic carboxylic acids is 1. The van der Waals surface area contributed by atoms with E-state index in [9.17, 15) is 9.59 Å². The zero-order chi connectivity index (χ0) is 12.7. The van der Waals surface area contributed by atoms with E-state index in [1.54, 1.807) is 28.6 Å². The van der Waals surface area contributed by atoms with E-state index in [2.05, 4.69) is 10.3 Å². The fraction of sp³-hybridized carbons (Fsp3) is 0.500. The number of hydrogen-bond acceptors (Lipinski definition) is 5. The Morgan fingerprint density at radius 2 is 2.41 bits per heavy atom. The van der Waals surface area contributed by atoms with Crippen LogP contribution in [0.3, 0.4) is 0 Å². The summed E-state index contributed by atoms with van der Waals surface area (Å²) < 4.78 is 0. The van der Waals surface area contributed by atoms with Gasteiger partial charge in [0.1, 0.15) is 6.04 Å². The molecule has 5 nitrogen and oxygen atoms in total. The molecule has 1 heterocycles. The molecule has 1 atom stereocenters. The summed E-state index contributed by atoms with van der Waals surface area (Å²) in [5, 5.41) is 13.2. The molecule has 0 saturated carbocycles. The van der Waals surface area contributed by atoms with E-state index in [-0.39, 0.29) is 5.91 Å². The van der Waals surface area contributed by atoms with Crippen molar-refractivity contribution in [2.75, 3.05) is 5.75 Å². The second kappa shape index (κ2) is 7.29. The van der Waals surface area contributed by atoms with Crippen LogP contribution in [0.2, 0.25) is 0 Å². The maximum Gasteiger partial charge on any atom is 0.326 e. The number of nitrogens with zero attached hydrogens (tertiary/aromatic N) is 1. The van der Waals surface area contributed by atoms with Crippen LogP contribution in [0.4, 0.5) is 0 Å². The highest BCUT2D eigenvalue weighted by atomic mass is 32.2. The van der Waals surface area contributed by atoms with E-state index < -0.39 is 12.0 Å². The lowest BCUT2D eigenvalue weighted by Crippen LogP contribution is -2.39. The first-order valence-electron chi connectivity index (χ1n) is 5.04. The lowest BCUT2D eigenvalue weighted by molar-refractivity contribution is -0.141. The highest BCUT2D eigenvalue weighted by Crippen LogP contribution is 2.13. The van der Waals surface area contributed by atoms with E-state index in [0.717, 1.165) is 11.4 Å². The molecule has 1 aromatic rings. The van der Waals surface area contributed by atoms with E-state index in [4.69, 9.17) is 5.11 Å². The minimum absolute atomic E-state index is 0.318. The Balaban J connectivity index is 2.23. The first kappa shape index (κ1) is 14.0. The van der Waals surface area contributed by atoms with Crippen LogP contribution in [0.5, 0.6) is 0 Å². The lowest BCUT2D eigenvalue weighted by Gasteiger charge is -2.12. The third kappa shape index (κ3) is 5.69. The number of nitrogens with one attached hydrogen (secondary N) is 1. The van der Waals surface area contributed by atoms with Crippen LogP contribution in [0.25, 0.3) is 0 Å². The van der Waals surface area contributed by atoms with Gasteiger partial charge in [-0.15, -0.1) is 11.3 Å². The van der Waals surface area contributed by atoms with Crippen molar-refractivity contribution in [3.63, 3.8) is 0 Å². The summed E-state index contributed by atoms with van der Waals surface area (Å²) in [7, 11) is 0. The maximum absolute atomic E-state index is 10.8. The minimum Gasteiger partial charge on any atom is -0.480 e. The normalized spacial score (nSPS) is 12.1. The summed E-state index contributed by atoms with van der Waals surface area (Å²) in [4.78, 5) is 25.7. The van der Waals surface area contributed by atoms with E-state index in [1.165, 1.54) is 6.92 Å². The fourth-order valence-electron chi connectivity index (χ4n) is 1.19. The van der Waals surface area contributed by atoms with Gasteiger partial charge in [0.15, 0.2) is 0 Å². The predicted molar refractivity (Wildman–Crippen MR) is 68.1 cm³/mol. The Labute approximate surface area is 108 Å². The molecule has 0 spiro atoms. The number of carboxylic acid groups (broad SMARTS) is 1. The third-order valence-corrected chi connectivity index (χ3v) is 3.62. The van der Waals surface area contributed by atoms with Crippen molar-refractivity contribution < 1.29 is 14.7 Å². The summed E-state index contributed by atoms with van der Waals surface area (Å²) in [6, 6.07) is -0.796. The zero-order valence-corrected chi connectivity index (χ0v) is 11.0. The molecule has 0 saturated heterocycles. The minimum atomic E-state index is -0.991. The van der Waals surface area contributed by atoms with Crippen LogP contribution in [0, 0.1) is 0 Å². The predicted octanol–water partition coefficient (Wildman–Crippen LogP) is 1.36. The standard InChI is InChI=1S/C10H14N2O3S2/c1-7(13)12-9(10(14)15)2-3-16-4-8-5-17-6-11-8/h5-6,9H,2-4H2,1H3,(H,12,13)(H,14,15). The Kier molecular flexibility index (Phi) is 5.99. The first-order chi connectivity index (χ1) is 8.09. The molecule has 1 unspecified atom stereocenters. The zero-order valence-electron chi connectivity index (χ0n) is 9.38. The molecule has 0 aliphatic rings. The SMILES string of the molecule is CC(=O)NC(CCSCc1cscn1)C(=O)O. The lowest BCUT2D eigenvalue weighted by atomic mass is 10.2. The Bertz CT molecular complexity index is 368. The van der Waals surface area contributed by atoms with Crippen LogP contribution in [-0.4, -0.2) is 33.8 Å². The van der Waals surface area contributed by atoms with Crippen molar-refractivity contribution in [3.8, 4) is 0 Å². The van der Waals surface area contributed by atoms with Gasteiger partial charge in [-0.2, -0.15) is 11.8 Å². The number of carboxylic acids is 1. The van der Waals surface area contributed by atoms with Crippen molar-refractivity contribution in [2.45, 2.75) is 25.1 Å². The highest BCUT2D eigenvalue weighted by molar-refractivity contribution is 7.98. The van der Waals surface area contributed by atoms with Gasteiger partial charge < -0.3 is 10.4 Å². The number of carbonyl (C=O) groups excluding carboxylic acids is 1. The molecule has 0 radical (unpaired) electrons. The molecule has 0 fully saturated rings. The van der Waals surface area contributed by atoms with E-state index in [0.29, 0.717) is 12.2 Å². The van der Waals surface area contributed by atoms with Crippen LogP contribution in [-0.2, 0) is 15.3 Å². The average molecular weight is 274 g/mol. The van der Waals surface area contributed by atoms with Gasteiger partial charge in [0.2, 0.25) is 5.91 Å². The number of aromatic nitrogens is 1. The van der Waals surface area contributed by atoms with Gasteiger partial charge in [0, 0.05) is 18.1 Å². The van der Waals surface area contributed by atoms with Crippen molar-refractivity contribution >= 4 is 35.0 Å². The Hall–Kier alpha value is -1.08. The number of thioether (sulfide) groups is 1. The second-order valence-electron chi connectivity index (χ2n) is 3.41. The van der Waals surface area contributed by atoms with Gasteiger partial charge in [-0.3, -0.25) is 4.79 Å². The van der Waals surface area contributed by atoms with Crippen LogP contribution in [0.1, 0.15) is 19.0 Å². The number of amides is 1. The molecule has 0 aromatic carbocycles. The monoisotopic (exact) mass is 274 g/mol. The Morgan fingerprint density at radius 1 is 1.65 bits per heavy atom. The molecule has 1 rings (SSSR count). The molecular formula is C10H14N2O3S2. The molecule has 1 aromatic heterocycles. The molecule has 17 heavy (non-hydrogen) atoms. The smallest absolute Gasteiger partial charge is 0.326 e. The number of thiazole rings is 1. The van der Waals surface area contributed by atoms with E-state index in [1.807, 2.05) is 5.38 Å². The summed E-state index contributed by atoms with van der Waals surface area (Å²) in [5.41, 5.74) is 2.78. The van der Waals surface area contributed by atoms with Crippen molar-refractivity contribution in [1.29, 1.82) is 0 Å². The van der Waals surface area contributed by atoms with Crippen molar-refractivity contribution in [3.05, 3.63) is 16.6 Å². The van der Waals surface area contributed by atoms with Gasteiger partial charge in [-0.05, 0) is 12.2 Å². The van der Waals surface area contributed by atoms with Gasteiger partial charge in [0.05, 0.1) is 11.2 Å². The van der Waals surface area contributed by atoms with Crippen LogP contribution in [0.15, 0.2) is 10.9 Å². The van der Waals surface area contributed by atoms with Gasteiger partial charge in [-0.25, -0.2) is 9.78 Å². The van der Waals surface area contributed by atoms with Crippen molar-refractivity contribution in [1.82, 2.24) is 10.3 Å². The highest BCUT2D eigenvalue weighted by Gasteiger charge is 2.17. The largest absolute Gasteiger partial charge is 0.480 e. The topological polar surface area (TPSA) is 79.3 Å². The first-order valence-corrected chi connectivity index (χ1v) is 7.14. The molecule has 94 valence electrons. The molecule has 0 bridgehead atoms. The summed E-state index contributed by atoms with van der Waals surface area (Å²) in [6.45, 7) is 1.32. The molecular weight excluding hydrogens is 260 g/mol. The number of hydrogen-bond donors (Lipinski definition) is 2. The molecule has 7 heteroatoms. The van der Waals surface area contributed by atoms with Gasteiger partial charge >= 0.3 is 5.97 Å². The summed E-state index contributed by atoms with van der Waals surface area (Å²) in [5.74, 6) is 0.140. The van der Waals surface area contributed by atoms with Gasteiger partial charge in [-0.1, -0.05) is 0 Å². The molecule has 0 aliphatic heterocycles. The summed E-state index contributed by atoms with van der Waals surface area (Å²) in [6.07, 6.45) is 0.420. The number of rotatable bonds is 7. The average Bonchev–Trinajstić information content (AvgIpc) is 2.74. The number of carbonyl (C=O) groups is 2. The maximum atomic E-state index is 10.8. The molecule has 2 N–H and O–H groups in total.